The Morgan fingerprint density at radius 3 is 2.41 bits per heavy atom. The van der Waals surface area contributed by atoms with Crippen molar-refractivity contribution in [2.75, 3.05) is 12.4 Å². The van der Waals surface area contributed by atoms with Crippen LogP contribution in [0.15, 0.2) is 66.7 Å². The molecule has 0 atom stereocenters. The normalized spacial score (nSPS) is 10.3. The van der Waals surface area contributed by atoms with Crippen molar-refractivity contribution in [2.45, 2.75) is 20.5 Å². The van der Waals surface area contributed by atoms with Crippen LogP contribution >= 0.6 is 0 Å². The number of rotatable bonds is 6. The molecule has 0 unspecified atom stereocenters. The van der Waals surface area contributed by atoms with Gasteiger partial charge in [-0.15, -0.1) is 0 Å². The summed E-state index contributed by atoms with van der Waals surface area (Å²) in [6.45, 7) is 4.44. The topological polar surface area (TPSA) is 47.6 Å². The van der Waals surface area contributed by atoms with Crippen molar-refractivity contribution < 1.29 is 14.3 Å². The third kappa shape index (κ3) is 4.67. The van der Waals surface area contributed by atoms with Gasteiger partial charge in [-0.1, -0.05) is 24.3 Å². The number of nitrogens with one attached hydrogen (secondary N) is 1. The Hall–Kier alpha value is -3.27. The van der Waals surface area contributed by atoms with Gasteiger partial charge in [-0.25, -0.2) is 0 Å². The fourth-order valence-electron chi connectivity index (χ4n) is 2.72. The van der Waals surface area contributed by atoms with Gasteiger partial charge in [-0.05, 0) is 67.4 Å². The van der Waals surface area contributed by atoms with E-state index >= 15 is 0 Å². The summed E-state index contributed by atoms with van der Waals surface area (Å²) in [5.41, 5.74) is 4.52. The molecule has 0 fully saturated rings. The fourth-order valence-corrected chi connectivity index (χ4v) is 2.72. The summed E-state index contributed by atoms with van der Waals surface area (Å²) < 4.78 is 11.3. The standard InChI is InChI=1S/C23H23NO3/c1-16-9-11-21(13-17(16)2)27-15-19-14-18(10-12-22(19)26-3)23(25)24-20-7-5-4-6-8-20/h4-14H,15H2,1-3H3,(H,24,25). The molecule has 0 aliphatic heterocycles. The Balaban J connectivity index is 1.76. The van der Waals surface area contributed by atoms with Crippen molar-refractivity contribution >= 4 is 11.6 Å². The van der Waals surface area contributed by atoms with Crippen LogP contribution in [0, 0.1) is 13.8 Å². The Bertz CT molecular complexity index is 936. The van der Waals surface area contributed by atoms with Gasteiger partial charge in [-0.2, -0.15) is 0 Å². The molecule has 0 saturated heterocycles. The van der Waals surface area contributed by atoms with Gasteiger partial charge >= 0.3 is 0 Å². The average Bonchev–Trinajstić information content (AvgIpc) is 2.69. The lowest BCUT2D eigenvalue weighted by Crippen LogP contribution is -2.12. The molecular weight excluding hydrogens is 338 g/mol. The second kappa shape index (κ2) is 8.41. The third-order valence-corrected chi connectivity index (χ3v) is 4.45. The van der Waals surface area contributed by atoms with Crippen molar-refractivity contribution in [3.05, 3.63) is 89.0 Å². The van der Waals surface area contributed by atoms with Crippen molar-refractivity contribution in [3.8, 4) is 11.5 Å². The summed E-state index contributed by atoms with van der Waals surface area (Å²) in [6, 6.07) is 20.7. The molecule has 0 bridgehead atoms. The fraction of sp³-hybridized carbons (Fsp3) is 0.174. The molecule has 0 aromatic heterocycles. The predicted octanol–water partition coefficient (Wildman–Crippen LogP) is 5.14. The molecule has 0 aliphatic rings. The van der Waals surface area contributed by atoms with Gasteiger partial charge in [0.05, 0.1) is 7.11 Å². The summed E-state index contributed by atoms with van der Waals surface area (Å²) >= 11 is 0. The van der Waals surface area contributed by atoms with E-state index < -0.39 is 0 Å². The van der Waals surface area contributed by atoms with Crippen LogP contribution in [0.2, 0.25) is 0 Å². The first-order chi connectivity index (χ1) is 13.1. The molecule has 3 aromatic carbocycles. The van der Waals surface area contributed by atoms with Gasteiger partial charge in [0.1, 0.15) is 18.1 Å². The number of carbonyl (C=O) groups excluding carboxylic acids is 1. The van der Waals surface area contributed by atoms with Crippen LogP contribution in [0.1, 0.15) is 27.0 Å². The lowest BCUT2D eigenvalue weighted by Gasteiger charge is -2.13. The smallest absolute Gasteiger partial charge is 0.255 e. The minimum absolute atomic E-state index is 0.170. The van der Waals surface area contributed by atoms with Gasteiger partial charge in [0.2, 0.25) is 0 Å². The van der Waals surface area contributed by atoms with E-state index in [1.807, 2.05) is 48.5 Å². The summed E-state index contributed by atoms with van der Waals surface area (Å²) in [5, 5.41) is 2.89. The maximum atomic E-state index is 12.5. The van der Waals surface area contributed by atoms with Crippen LogP contribution in [0.3, 0.4) is 0 Å². The quantitative estimate of drug-likeness (QED) is 0.661. The third-order valence-electron chi connectivity index (χ3n) is 4.45. The van der Waals surface area contributed by atoms with E-state index in [1.54, 1.807) is 25.3 Å². The number of carbonyl (C=O) groups is 1. The SMILES string of the molecule is COc1ccc(C(=O)Nc2ccccc2)cc1COc1ccc(C)c(C)c1. The molecule has 0 spiro atoms. The molecule has 138 valence electrons. The molecule has 0 heterocycles. The van der Waals surface area contributed by atoms with E-state index in [-0.39, 0.29) is 5.91 Å². The summed E-state index contributed by atoms with van der Waals surface area (Å²) in [5.74, 6) is 1.31. The number of ether oxygens (including phenoxy) is 2. The highest BCUT2D eigenvalue weighted by Gasteiger charge is 2.11. The van der Waals surface area contributed by atoms with E-state index in [0.717, 1.165) is 17.0 Å². The largest absolute Gasteiger partial charge is 0.496 e. The Morgan fingerprint density at radius 1 is 0.926 bits per heavy atom. The average molecular weight is 361 g/mol. The zero-order valence-electron chi connectivity index (χ0n) is 15.8. The van der Waals surface area contributed by atoms with Crippen molar-refractivity contribution in [1.82, 2.24) is 0 Å². The molecule has 0 aliphatic carbocycles. The molecule has 3 aromatic rings. The molecule has 4 nitrogen and oxygen atoms in total. The molecule has 3 rings (SSSR count). The summed E-state index contributed by atoms with van der Waals surface area (Å²) in [6.07, 6.45) is 0. The maximum absolute atomic E-state index is 12.5. The number of methoxy groups -OCH3 is 1. The predicted molar refractivity (Wildman–Crippen MR) is 108 cm³/mol. The van der Waals surface area contributed by atoms with Gasteiger partial charge in [0.15, 0.2) is 0 Å². The van der Waals surface area contributed by atoms with Crippen LogP contribution in [0.25, 0.3) is 0 Å². The zero-order chi connectivity index (χ0) is 19.2. The highest BCUT2D eigenvalue weighted by atomic mass is 16.5. The minimum Gasteiger partial charge on any atom is -0.496 e. The van der Waals surface area contributed by atoms with Crippen molar-refractivity contribution in [3.63, 3.8) is 0 Å². The van der Waals surface area contributed by atoms with Crippen LogP contribution < -0.4 is 14.8 Å². The van der Waals surface area contributed by atoms with Gasteiger partial charge in [0, 0.05) is 16.8 Å². The molecule has 1 amide bonds. The molecule has 0 saturated carbocycles. The number of amides is 1. The first-order valence-electron chi connectivity index (χ1n) is 8.80. The molecule has 27 heavy (non-hydrogen) atoms. The first-order valence-corrected chi connectivity index (χ1v) is 8.80. The van der Waals surface area contributed by atoms with Gasteiger partial charge in [-0.3, -0.25) is 4.79 Å². The first kappa shape index (κ1) is 18.5. The van der Waals surface area contributed by atoms with Crippen molar-refractivity contribution in [2.24, 2.45) is 0 Å². The molecule has 0 radical (unpaired) electrons. The number of hydrogen-bond acceptors (Lipinski definition) is 3. The van der Waals surface area contributed by atoms with E-state index in [9.17, 15) is 4.79 Å². The van der Waals surface area contributed by atoms with Crippen LogP contribution in [-0.2, 0) is 6.61 Å². The summed E-state index contributed by atoms with van der Waals surface area (Å²) in [7, 11) is 1.61. The number of aryl methyl sites for hydroxylation is 2. The highest BCUT2D eigenvalue weighted by Crippen LogP contribution is 2.24. The van der Waals surface area contributed by atoms with Crippen LogP contribution in [-0.4, -0.2) is 13.0 Å². The van der Waals surface area contributed by atoms with E-state index in [4.69, 9.17) is 9.47 Å². The number of benzene rings is 3. The van der Waals surface area contributed by atoms with Crippen LogP contribution in [0.4, 0.5) is 5.69 Å². The molecule has 4 heteroatoms. The number of hydrogen-bond donors (Lipinski definition) is 1. The minimum atomic E-state index is -0.170. The Kier molecular flexibility index (Phi) is 5.77. The monoisotopic (exact) mass is 361 g/mol. The second-order valence-electron chi connectivity index (χ2n) is 6.38. The van der Waals surface area contributed by atoms with E-state index in [1.165, 1.54) is 11.1 Å². The Morgan fingerprint density at radius 2 is 1.70 bits per heavy atom. The van der Waals surface area contributed by atoms with E-state index in [2.05, 4.69) is 19.2 Å². The number of para-hydroxylation sites is 1. The molecular formula is C23H23NO3. The van der Waals surface area contributed by atoms with Crippen molar-refractivity contribution in [1.29, 1.82) is 0 Å². The Labute approximate surface area is 159 Å². The van der Waals surface area contributed by atoms with E-state index in [0.29, 0.717) is 17.9 Å². The number of anilines is 1. The van der Waals surface area contributed by atoms with Gasteiger partial charge < -0.3 is 14.8 Å². The zero-order valence-corrected chi connectivity index (χ0v) is 15.8. The summed E-state index contributed by atoms with van der Waals surface area (Å²) in [4.78, 5) is 12.5. The lowest BCUT2D eigenvalue weighted by atomic mass is 10.1. The highest BCUT2D eigenvalue weighted by molar-refractivity contribution is 6.04. The van der Waals surface area contributed by atoms with Crippen LogP contribution in [0.5, 0.6) is 11.5 Å². The maximum Gasteiger partial charge on any atom is 0.255 e. The molecule has 1 N–H and O–H groups in total. The second-order valence-corrected chi connectivity index (χ2v) is 6.38. The van der Waals surface area contributed by atoms with Gasteiger partial charge in [0.25, 0.3) is 5.91 Å². The lowest BCUT2D eigenvalue weighted by molar-refractivity contribution is 0.102.